The van der Waals surface area contributed by atoms with Crippen molar-refractivity contribution in [2.24, 2.45) is 5.92 Å². The number of aliphatic carboxylic acids is 1. The summed E-state index contributed by atoms with van der Waals surface area (Å²) in [7, 11) is -0.291. The number of rotatable bonds is 14. The average molecular weight is 533 g/mol. The third kappa shape index (κ3) is 11.9. The van der Waals surface area contributed by atoms with E-state index in [1.54, 1.807) is 0 Å². The smallest absolute Gasteiger partial charge is 0.508 e. The Hall–Kier alpha value is -2.83. The molecule has 0 radical (unpaired) electrons. The van der Waals surface area contributed by atoms with Gasteiger partial charge in [-0.05, 0) is 30.5 Å². The Morgan fingerprint density at radius 1 is 1.09 bits per heavy atom. The summed E-state index contributed by atoms with van der Waals surface area (Å²) in [5.74, 6) is -5.07. The van der Waals surface area contributed by atoms with Gasteiger partial charge in [0.2, 0.25) is 5.91 Å². The molecule has 0 saturated heterocycles. The van der Waals surface area contributed by atoms with Gasteiger partial charge in [-0.1, -0.05) is 37.0 Å². The van der Waals surface area contributed by atoms with E-state index in [1.165, 1.54) is 25.3 Å². The van der Waals surface area contributed by atoms with Gasteiger partial charge in [0.25, 0.3) is 11.9 Å². The summed E-state index contributed by atoms with van der Waals surface area (Å²) in [6, 6.07) is 4.30. The van der Waals surface area contributed by atoms with E-state index in [-0.39, 0.29) is 40.8 Å². The molecular formula is C21H27BCl2N2O9. The molecule has 1 aromatic rings. The fraction of sp³-hybridized carbons (Fsp3) is 0.476. The molecule has 0 aliphatic carbocycles. The molecule has 0 unspecified atom stereocenters. The van der Waals surface area contributed by atoms with Gasteiger partial charge >= 0.3 is 19.1 Å². The normalized spacial score (nSPS) is 11.4. The minimum Gasteiger partial charge on any atom is -0.508 e. The zero-order valence-corrected chi connectivity index (χ0v) is 21.0. The molecule has 0 aliphatic heterocycles. The summed E-state index contributed by atoms with van der Waals surface area (Å²) in [6.45, 7) is 2.40. The molecule has 0 bridgehead atoms. The second-order valence-electron chi connectivity index (χ2n) is 7.75. The van der Waals surface area contributed by atoms with Gasteiger partial charge in [-0.25, -0.2) is 4.79 Å². The highest BCUT2D eigenvalue weighted by atomic mass is 35.5. The van der Waals surface area contributed by atoms with E-state index in [2.05, 4.69) is 15.4 Å². The minimum absolute atomic E-state index is 0.0233. The summed E-state index contributed by atoms with van der Waals surface area (Å²) in [5.41, 5.74) is 0.0768. The van der Waals surface area contributed by atoms with Gasteiger partial charge in [0.05, 0.1) is 43.0 Å². The zero-order chi connectivity index (χ0) is 26.5. The molecule has 0 aromatic heterocycles. The van der Waals surface area contributed by atoms with Crippen molar-refractivity contribution in [3.63, 3.8) is 0 Å². The van der Waals surface area contributed by atoms with Crippen LogP contribution in [0.2, 0.25) is 10.0 Å². The number of carboxylic acid groups (broad SMARTS) is 1. The summed E-state index contributed by atoms with van der Waals surface area (Å²) in [5, 5.41) is 14.4. The van der Waals surface area contributed by atoms with E-state index in [4.69, 9.17) is 37.6 Å². The Bertz CT molecular complexity index is 930. The first-order chi connectivity index (χ1) is 16.4. The van der Waals surface area contributed by atoms with Crippen LogP contribution in [-0.2, 0) is 33.2 Å². The molecule has 1 atom stereocenters. The third-order valence-electron chi connectivity index (χ3n) is 4.36. The topological polar surface area (TPSA) is 157 Å². The van der Waals surface area contributed by atoms with E-state index < -0.39 is 55.9 Å². The maximum absolute atomic E-state index is 12.5. The van der Waals surface area contributed by atoms with Gasteiger partial charge in [0.15, 0.2) is 0 Å². The molecule has 0 fully saturated rings. The highest BCUT2D eigenvalue weighted by molar-refractivity contribution is 6.49. The standard InChI is InChI=1S/C21H27BCl2N2O9/c1-12(2)8-16(22(34-11-18(28)29)35-20(31)7-6-19(30)33-3)26-17(27)10-25-21(32)14-9-13(23)4-5-15(14)24/h4-5,9,12,16H,6-8,10-11H2,1-3H3,(H,25,32)(H,26,27)(H,28,29)/t16-/m0/s1. The molecule has 0 heterocycles. The first kappa shape index (κ1) is 30.2. The van der Waals surface area contributed by atoms with Crippen molar-refractivity contribution in [3.05, 3.63) is 33.8 Å². The van der Waals surface area contributed by atoms with Crippen molar-refractivity contribution in [1.29, 1.82) is 0 Å². The number of carboxylic acids is 1. The predicted molar refractivity (Wildman–Crippen MR) is 127 cm³/mol. The Labute approximate surface area is 212 Å². The lowest BCUT2D eigenvalue weighted by Crippen LogP contribution is -2.53. The molecule has 0 aliphatic rings. The van der Waals surface area contributed by atoms with Crippen molar-refractivity contribution in [2.75, 3.05) is 20.3 Å². The lowest BCUT2D eigenvalue weighted by Gasteiger charge is -2.25. The number of methoxy groups -OCH3 is 1. The maximum atomic E-state index is 12.5. The first-order valence-corrected chi connectivity index (χ1v) is 11.3. The van der Waals surface area contributed by atoms with Crippen molar-refractivity contribution < 1.29 is 43.1 Å². The van der Waals surface area contributed by atoms with Crippen molar-refractivity contribution in [2.45, 2.75) is 39.1 Å². The van der Waals surface area contributed by atoms with Crippen LogP contribution in [0.5, 0.6) is 0 Å². The summed E-state index contributed by atoms with van der Waals surface area (Å²) >= 11 is 11.9. The largest absolute Gasteiger partial charge is 0.551 e. The predicted octanol–water partition coefficient (Wildman–Crippen LogP) is 1.88. The van der Waals surface area contributed by atoms with Crippen LogP contribution in [0.4, 0.5) is 0 Å². The zero-order valence-electron chi connectivity index (χ0n) is 19.5. The van der Waals surface area contributed by atoms with Crippen LogP contribution in [0.1, 0.15) is 43.5 Å². The Morgan fingerprint density at radius 3 is 2.34 bits per heavy atom. The van der Waals surface area contributed by atoms with E-state index >= 15 is 0 Å². The number of hydrogen-bond donors (Lipinski definition) is 3. The minimum atomic E-state index is -1.46. The number of carbonyl (C=O) groups excluding carboxylic acids is 4. The fourth-order valence-corrected chi connectivity index (χ4v) is 3.19. The van der Waals surface area contributed by atoms with Crippen LogP contribution in [0.15, 0.2) is 18.2 Å². The number of hydrogen-bond acceptors (Lipinski definition) is 8. The van der Waals surface area contributed by atoms with Crippen LogP contribution in [-0.4, -0.2) is 68.1 Å². The monoisotopic (exact) mass is 532 g/mol. The number of ether oxygens (including phenoxy) is 1. The lowest BCUT2D eigenvalue weighted by molar-refractivity contribution is -0.145. The highest BCUT2D eigenvalue weighted by Gasteiger charge is 2.36. The number of amides is 2. The summed E-state index contributed by atoms with van der Waals surface area (Å²) < 4.78 is 14.9. The van der Waals surface area contributed by atoms with Gasteiger partial charge < -0.3 is 29.8 Å². The molecule has 0 saturated carbocycles. The third-order valence-corrected chi connectivity index (χ3v) is 4.93. The van der Waals surface area contributed by atoms with Crippen molar-refractivity contribution >= 4 is 60.0 Å². The van der Waals surface area contributed by atoms with Crippen LogP contribution in [0.25, 0.3) is 0 Å². The first-order valence-electron chi connectivity index (χ1n) is 10.5. The maximum Gasteiger partial charge on any atom is 0.551 e. The number of halogens is 2. The van der Waals surface area contributed by atoms with Crippen LogP contribution < -0.4 is 10.6 Å². The van der Waals surface area contributed by atoms with Crippen molar-refractivity contribution in [1.82, 2.24) is 10.6 Å². The van der Waals surface area contributed by atoms with Gasteiger partial charge in [0, 0.05) is 5.02 Å². The molecule has 35 heavy (non-hydrogen) atoms. The number of carbonyl (C=O) groups is 5. The van der Waals surface area contributed by atoms with Crippen LogP contribution in [0.3, 0.4) is 0 Å². The molecule has 14 heteroatoms. The van der Waals surface area contributed by atoms with Gasteiger partial charge in [-0.3, -0.25) is 19.2 Å². The average Bonchev–Trinajstić information content (AvgIpc) is 2.79. The fourth-order valence-electron chi connectivity index (χ4n) is 2.81. The molecule has 0 spiro atoms. The van der Waals surface area contributed by atoms with E-state index in [9.17, 15) is 24.0 Å². The highest BCUT2D eigenvalue weighted by Crippen LogP contribution is 2.20. The second kappa shape index (κ2) is 15.2. The van der Waals surface area contributed by atoms with Crippen molar-refractivity contribution in [3.8, 4) is 0 Å². The number of benzene rings is 1. The SMILES string of the molecule is COC(=O)CCC(=O)OB(OCC(=O)O)[C@H](CC(C)C)NC(=O)CNC(=O)c1cc(Cl)ccc1Cl. The molecule has 11 nitrogen and oxygen atoms in total. The number of nitrogens with one attached hydrogen (secondary N) is 2. The summed E-state index contributed by atoms with van der Waals surface area (Å²) in [4.78, 5) is 59.3. The van der Waals surface area contributed by atoms with Gasteiger partial charge in [-0.2, -0.15) is 0 Å². The molecule has 2 amide bonds. The lowest BCUT2D eigenvalue weighted by atomic mass is 9.73. The van der Waals surface area contributed by atoms with E-state index in [0.717, 1.165) is 0 Å². The quantitative estimate of drug-likeness (QED) is 0.240. The molecule has 1 rings (SSSR count). The van der Waals surface area contributed by atoms with Gasteiger partial charge in [0.1, 0.15) is 6.61 Å². The van der Waals surface area contributed by atoms with Gasteiger partial charge in [-0.15, -0.1) is 0 Å². The Kier molecular flexibility index (Phi) is 13.1. The molecular weight excluding hydrogens is 506 g/mol. The van der Waals surface area contributed by atoms with E-state index in [0.29, 0.717) is 0 Å². The molecule has 3 N–H and O–H groups in total. The Morgan fingerprint density at radius 2 is 1.74 bits per heavy atom. The summed E-state index contributed by atoms with van der Waals surface area (Å²) in [6.07, 6.45) is -0.340. The van der Waals surface area contributed by atoms with Crippen LogP contribution in [0, 0.1) is 5.92 Å². The van der Waals surface area contributed by atoms with E-state index in [1.807, 2.05) is 13.8 Å². The Balaban J connectivity index is 2.88. The van der Waals surface area contributed by atoms with Crippen LogP contribution >= 0.6 is 23.2 Å². The molecule has 192 valence electrons. The number of esters is 1. The second-order valence-corrected chi connectivity index (χ2v) is 8.59. The molecule has 1 aromatic carbocycles.